The van der Waals surface area contributed by atoms with Gasteiger partial charge in [0.05, 0.1) is 12.2 Å². The summed E-state index contributed by atoms with van der Waals surface area (Å²) in [5.74, 6) is 2.35. The minimum Gasteiger partial charge on any atom is -0.390 e. The largest absolute Gasteiger partial charge is 0.390 e. The highest BCUT2D eigenvalue weighted by Gasteiger charge is 2.13. The van der Waals surface area contributed by atoms with Gasteiger partial charge in [-0.05, 0) is 6.42 Å². The normalized spacial score (nSPS) is 14.7. The first-order valence-corrected chi connectivity index (χ1v) is 5.52. The molecular formula is C12H22O2. The number of unbranched alkanes of at least 4 members (excludes halogenated alkanes) is 4. The fourth-order valence-electron chi connectivity index (χ4n) is 1.41. The van der Waals surface area contributed by atoms with Gasteiger partial charge in [0, 0.05) is 6.42 Å². The molecule has 0 aromatic heterocycles. The Labute approximate surface area is 87.3 Å². The van der Waals surface area contributed by atoms with Crippen molar-refractivity contribution in [1.29, 1.82) is 0 Å². The van der Waals surface area contributed by atoms with Crippen LogP contribution in [0.4, 0.5) is 0 Å². The lowest BCUT2D eigenvalue weighted by Gasteiger charge is -2.15. The third kappa shape index (κ3) is 6.94. The molecule has 0 unspecified atom stereocenters. The Morgan fingerprint density at radius 3 is 2.29 bits per heavy atom. The lowest BCUT2D eigenvalue weighted by atomic mass is 10.0. The van der Waals surface area contributed by atoms with E-state index in [1.807, 2.05) is 0 Å². The van der Waals surface area contributed by atoms with Crippen LogP contribution in [0.2, 0.25) is 0 Å². The average molecular weight is 198 g/mol. The molecule has 0 aliphatic rings. The van der Waals surface area contributed by atoms with E-state index in [1.165, 1.54) is 19.3 Å². The predicted molar refractivity (Wildman–Crippen MR) is 58.8 cm³/mol. The summed E-state index contributed by atoms with van der Waals surface area (Å²) >= 11 is 0. The number of rotatable bonds is 8. The molecule has 2 atom stereocenters. The van der Waals surface area contributed by atoms with Gasteiger partial charge in [-0.2, -0.15) is 0 Å². The van der Waals surface area contributed by atoms with Crippen LogP contribution in [0.5, 0.6) is 0 Å². The van der Waals surface area contributed by atoms with Crippen molar-refractivity contribution < 1.29 is 10.2 Å². The van der Waals surface area contributed by atoms with Gasteiger partial charge in [-0.25, -0.2) is 0 Å². The average Bonchev–Trinajstić information content (AvgIpc) is 2.17. The van der Waals surface area contributed by atoms with E-state index in [0.717, 1.165) is 12.8 Å². The Balaban J connectivity index is 3.35. The molecule has 2 N–H and O–H groups in total. The molecule has 0 aromatic rings. The van der Waals surface area contributed by atoms with E-state index >= 15 is 0 Å². The Morgan fingerprint density at radius 2 is 1.71 bits per heavy atom. The first-order valence-electron chi connectivity index (χ1n) is 5.52. The van der Waals surface area contributed by atoms with Crippen LogP contribution >= 0.6 is 0 Å². The zero-order chi connectivity index (χ0) is 10.8. The molecule has 14 heavy (non-hydrogen) atoms. The molecule has 0 saturated carbocycles. The van der Waals surface area contributed by atoms with Gasteiger partial charge in [-0.3, -0.25) is 0 Å². The molecule has 82 valence electrons. The SMILES string of the molecule is C#CC[C@@H](O)[C@H](O)CCCCCCC. The van der Waals surface area contributed by atoms with Crippen LogP contribution in [-0.4, -0.2) is 22.4 Å². The minimum atomic E-state index is -0.744. The second-order valence-electron chi connectivity index (χ2n) is 3.75. The number of hydrogen-bond donors (Lipinski definition) is 2. The summed E-state index contributed by atoms with van der Waals surface area (Å²) in [6, 6.07) is 0. The summed E-state index contributed by atoms with van der Waals surface area (Å²) < 4.78 is 0. The lowest BCUT2D eigenvalue weighted by molar-refractivity contribution is 0.0165. The summed E-state index contributed by atoms with van der Waals surface area (Å²) in [5, 5.41) is 18.8. The number of aliphatic hydroxyl groups is 2. The van der Waals surface area contributed by atoms with Gasteiger partial charge in [-0.1, -0.05) is 39.0 Å². The van der Waals surface area contributed by atoms with Crippen molar-refractivity contribution in [3.05, 3.63) is 0 Å². The van der Waals surface area contributed by atoms with Crippen molar-refractivity contribution in [2.24, 2.45) is 0 Å². The molecule has 2 heteroatoms. The Hall–Kier alpha value is -0.520. The molecule has 2 nitrogen and oxygen atoms in total. The summed E-state index contributed by atoms with van der Waals surface area (Å²) in [6.07, 6.45) is 10.4. The van der Waals surface area contributed by atoms with Gasteiger partial charge >= 0.3 is 0 Å². The van der Waals surface area contributed by atoms with Crippen LogP contribution in [0.15, 0.2) is 0 Å². The van der Waals surface area contributed by atoms with Crippen LogP contribution in [0.3, 0.4) is 0 Å². The molecule has 0 rings (SSSR count). The van der Waals surface area contributed by atoms with E-state index in [0.29, 0.717) is 6.42 Å². The maximum Gasteiger partial charge on any atom is 0.0907 e. The lowest BCUT2D eigenvalue weighted by Crippen LogP contribution is -2.25. The molecule has 0 bridgehead atoms. The Bertz CT molecular complexity index is 160. The predicted octanol–water partition coefficient (Wildman–Crippen LogP) is 2.09. The second-order valence-corrected chi connectivity index (χ2v) is 3.75. The molecule has 0 radical (unpaired) electrons. The molecular weight excluding hydrogens is 176 g/mol. The Morgan fingerprint density at radius 1 is 1.07 bits per heavy atom. The zero-order valence-electron chi connectivity index (χ0n) is 9.08. The molecule has 0 fully saturated rings. The van der Waals surface area contributed by atoms with Crippen LogP contribution < -0.4 is 0 Å². The third-order valence-electron chi connectivity index (χ3n) is 2.37. The van der Waals surface area contributed by atoms with Crippen molar-refractivity contribution >= 4 is 0 Å². The molecule has 0 aliphatic carbocycles. The fourth-order valence-corrected chi connectivity index (χ4v) is 1.41. The van der Waals surface area contributed by atoms with E-state index in [4.69, 9.17) is 6.42 Å². The highest BCUT2D eigenvalue weighted by molar-refractivity contribution is 4.88. The molecule has 0 aromatic carbocycles. The zero-order valence-corrected chi connectivity index (χ0v) is 9.08. The standard InChI is InChI=1S/C12H22O2/c1-3-5-6-7-8-10-12(14)11(13)9-4-2/h2,11-14H,3,5-10H2,1H3/t11-,12-/m1/s1. The van der Waals surface area contributed by atoms with E-state index in [1.54, 1.807) is 0 Å². The summed E-state index contributed by atoms with van der Waals surface area (Å²) in [4.78, 5) is 0. The monoisotopic (exact) mass is 198 g/mol. The van der Waals surface area contributed by atoms with Crippen molar-refractivity contribution in [3.63, 3.8) is 0 Å². The van der Waals surface area contributed by atoms with Crippen LogP contribution in [0.25, 0.3) is 0 Å². The highest BCUT2D eigenvalue weighted by Crippen LogP contribution is 2.10. The van der Waals surface area contributed by atoms with Gasteiger partial charge in [0.2, 0.25) is 0 Å². The third-order valence-corrected chi connectivity index (χ3v) is 2.37. The quantitative estimate of drug-likeness (QED) is 0.463. The first kappa shape index (κ1) is 13.5. The van der Waals surface area contributed by atoms with Gasteiger partial charge < -0.3 is 10.2 Å². The molecule has 0 aliphatic heterocycles. The molecule has 0 saturated heterocycles. The fraction of sp³-hybridized carbons (Fsp3) is 0.833. The number of aliphatic hydroxyl groups excluding tert-OH is 2. The highest BCUT2D eigenvalue weighted by atomic mass is 16.3. The smallest absolute Gasteiger partial charge is 0.0907 e. The molecule has 0 heterocycles. The number of terminal acetylenes is 1. The summed E-state index contributed by atoms with van der Waals surface area (Å²) in [7, 11) is 0. The minimum absolute atomic E-state index is 0.246. The van der Waals surface area contributed by atoms with E-state index < -0.39 is 12.2 Å². The van der Waals surface area contributed by atoms with Crippen LogP contribution in [0.1, 0.15) is 51.9 Å². The maximum atomic E-state index is 9.46. The Kier molecular flexibility index (Phi) is 8.72. The van der Waals surface area contributed by atoms with Gasteiger partial charge in [0.15, 0.2) is 0 Å². The summed E-state index contributed by atoms with van der Waals surface area (Å²) in [6.45, 7) is 2.17. The van der Waals surface area contributed by atoms with Gasteiger partial charge in [0.1, 0.15) is 0 Å². The topological polar surface area (TPSA) is 40.5 Å². The second kappa shape index (κ2) is 9.05. The van der Waals surface area contributed by atoms with Gasteiger partial charge in [0.25, 0.3) is 0 Å². The van der Waals surface area contributed by atoms with Crippen LogP contribution in [0, 0.1) is 12.3 Å². The number of hydrogen-bond acceptors (Lipinski definition) is 2. The van der Waals surface area contributed by atoms with E-state index in [-0.39, 0.29) is 6.42 Å². The molecule has 0 spiro atoms. The van der Waals surface area contributed by atoms with Gasteiger partial charge in [-0.15, -0.1) is 12.3 Å². The van der Waals surface area contributed by atoms with E-state index in [2.05, 4.69) is 12.8 Å². The van der Waals surface area contributed by atoms with E-state index in [9.17, 15) is 10.2 Å². The first-order chi connectivity index (χ1) is 6.72. The van der Waals surface area contributed by atoms with Crippen molar-refractivity contribution in [2.75, 3.05) is 0 Å². The maximum absolute atomic E-state index is 9.46. The molecule has 0 amide bonds. The van der Waals surface area contributed by atoms with Crippen LogP contribution in [-0.2, 0) is 0 Å². The van der Waals surface area contributed by atoms with Crippen molar-refractivity contribution in [1.82, 2.24) is 0 Å². The van der Waals surface area contributed by atoms with Crippen molar-refractivity contribution in [2.45, 2.75) is 64.1 Å². The summed E-state index contributed by atoms with van der Waals surface area (Å²) in [5.41, 5.74) is 0. The van der Waals surface area contributed by atoms with Crippen molar-refractivity contribution in [3.8, 4) is 12.3 Å².